The van der Waals surface area contributed by atoms with Crippen LogP contribution in [0.4, 0.5) is 0 Å². The third-order valence-corrected chi connectivity index (χ3v) is 6.02. The molecule has 3 aromatic rings. The van der Waals surface area contributed by atoms with Crippen molar-refractivity contribution in [3.05, 3.63) is 36.1 Å². The molecule has 2 aromatic heterocycles. The van der Waals surface area contributed by atoms with E-state index in [1.807, 2.05) is 24.3 Å². The first-order valence-electron chi connectivity index (χ1n) is 10.5. The maximum atomic E-state index is 12.5. The molecule has 5 rings (SSSR count). The Kier molecular flexibility index (Phi) is 5.23. The summed E-state index contributed by atoms with van der Waals surface area (Å²) in [5.74, 6) is 0.287. The highest BCUT2D eigenvalue weighted by molar-refractivity contribution is 6.10. The Morgan fingerprint density at radius 3 is 2.83 bits per heavy atom. The molecule has 0 spiro atoms. The Hall–Kier alpha value is -2.77. The van der Waals surface area contributed by atoms with E-state index < -0.39 is 0 Å². The van der Waals surface area contributed by atoms with E-state index in [0.29, 0.717) is 25.3 Å². The zero-order valence-corrected chi connectivity index (χ0v) is 16.8. The van der Waals surface area contributed by atoms with Crippen LogP contribution in [0.1, 0.15) is 30.7 Å². The summed E-state index contributed by atoms with van der Waals surface area (Å²) in [5, 5.41) is 1.84. The van der Waals surface area contributed by atoms with E-state index in [0.717, 1.165) is 60.3 Å². The molecule has 30 heavy (non-hydrogen) atoms. The molecule has 3 heterocycles. The van der Waals surface area contributed by atoms with Crippen molar-refractivity contribution in [2.45, 2.75) is 25.2 Å². The minimum absolute atomic E-state index is 0.0154. The van der Waals surface area contributed by atoms with Gasteiger partial charge in [-0.05, 0) is 24.6 Å². The lowest BCUT2D eigenvalue weighted by molar-refractivity contribution is -0.130. The SMILES string of the molecule is O=C1CCC(c2coc3ccc4nc(OCCN5CCOCC5)ccc4c23)C(=O)C1. The topological polar surface area (TPSA) is 81.9 Å². The van der Waals surface area contributed by atoms with Crippen LogP contribution in [0.2, 0.25) is 0 Å². The maximum absolute atomic E-state index is 12.5. The monoisotopic (exact) mass is 408 g/mol. The van der Waals surface area contributed by atoms with Gasteiger partial charge in [-0.3, -0.25) is 14.5 Å². The summed E-state index contributed by atoms with van der Waals surface area (Å²) in [6.07, 6.45) is 2.66. The number of fused-ring (bicyclic) bond motifs is 3. The molecule has 0 amide bonds. The molecule has 156 valence electrons. The van der Waals surface area contributed by atoms with Crippen LogP contribution < -0.4 is 4.74 Å². The highest BCUT2D eigenvalue weighted by Gasteiger charge is 2.31. The molecular formula is C23H24N2O5. The third kappa shape index (κ3) is 3.70. The summed E-state index contributed by atoms with van der Waals surface area (Å²) in [6, 6.07) is 7.63. The molecule has 1 aliphatic carbocycles. The smallest absolute Gasteiger partial charge is 0.213 e. The number of pyridine rings is 1. The minimum Gasteiger partial charge on any atom is -0.476 e. The van der Waals surface area contributed by atoms with Crippen molar-refractivity contribution in [3.8, 4) is 5.88 Å². The normalized spacial score (nSPS) is 20.9. The van der Waals surface area contributed by atoms with Gasteiger partial charge < -0.3 is 13.9 Å². The Labute approximate surface area is 173 Å². The lowest BCUT2D eigenvalue weighted by Crippen LogP contribution is -2.38. The average Bonchev–Trinajstić information content (AvgIpc) is 3.19. The summed E-state index contributed by atoms with van der Waals surface area (Å²) in [4.78, 5) is 31.1. The quantitative estimate of drug-likeness (QED) is 0.600. The number of aromatic nitrogens is 1. The van der Waals surface area contributed by atoms with Crippen LogP contribution in [0.25, 0.3) is 21.9 Å². The van der Waals surface area contributed by atoms with Gasteiger partial charge in [0.2, 0.25) is 5.88 Å². The maximum Gasteiger partial charge on any atom is 0.213 e. The molecule has 7 heteroatoms. The zero-order valence-electron chi connectivity index (χ0n) is 16.8. The van der Waals surface area contributed by atoms with Gasteiger partial charge in [-0.15, -0.1) is 0 Å². The van der Waals surface area contributed by atoms with E-state index in [9.17, 15) is 9.59 Å². The van der Waals surface area contributed by atoms with Gasteiger partial charge in [0.15, 0.2) is 0 Å². The summed E-state index contributed by atoms with van der Waals surface area (Å²) < 4.78 is 17.0. The Morgan fingerprint density at radius 2 is 2.00 bits per heavy atom. The summed E-state index contributed by atoms with van der Waals surface area (Å²) >= 11 is 0. The van der Waals surface area contributed by atoms with Gasteiger partial charge in [0, 0.05) is 54.4 Å². The van der Waals surface area contributed by atoms with Gasteiger partial charge in [-0.1, -0.05) is 0 Å². The second kappa shape index (κ2) is 8.16. The summed E-state index contributed by atoms with van der Waals surface area (Å²) in [7, 11) is 0. The van der Waals surface area contributed by atoms with E-state index in [-0.39, 0.29) is 23.9 Å². The molecule has 1 aliphatic heterocycles. The van der Waals surface area contributed by atoms with Crippen LogP contribution in [-0.2, 0) is 14.3 Å². The van der Waals surface area contributed by atoms with Crippen molar-refractivity contribution in [1.29, 1.82) is 0 Å². The van der Waals surface area contributed by atoms with Crippen LogP contribution in [0.5, 0.6) is 5.88 Å². The number of benzene rings is 1. The third-order valence-electron chi connectivity index (χ3n) is 6.02. The van der Waals surface area contributed by atoms with Crippen molar-refractivity contribution in [2.24, 2.45) is 0 Å². The molecule has 1 aromatic carbocycles. The predicted octanol–water partition coefficient (Wildman–Crippen LogP) is 3.10. The van der Waals surface area contributed by atoms with Crippen molar-refractivity contribution >= 4 is 33.4 Å². The van der Waals surface area contributed by atoms with Crippen molar-refractivity contribution in [1.82, 2.24) is 9.88 Å². The number of rotatable bonds is 5. The Balaban J connectivity index is 1.39. The lowest BCUT2D eigenvalue weighted by Gasteiger charge is -2.26. The Morgan fingerprint density at radius 1 is 1.13 bits per heavy atom. The number of ether oxygens (including phenoxy) is 2. The summed E-state index contributed by atoms with van der Waals surface area (Å²) in [5.41, 5.74) is 2.38. The molecule has 1 saturated carbocycles. The van der Waals surface area contributed by atoms with Crippen molar-refractivity contribution < 1.29 is 23.5 Å². The molecule has 1 atom stereocenters. The van der Waals surface area contributed by atoms with Gasteiger partial charge in [0.1, 0.15) is 23.8 Å². The van der Waals surface area contributed by atoms with Gasteiger partial charge in [0.25, 0.3) is 0 Å². The first-order chi connectivity index (χ1) is 14.7. The van der Waals surface area contributed by atoms with Gasteiger partial charge in [0.05, 0.1) is 31.4 Å². The predicted molar refractivity (Wildman–Crippen MR) is 111 cm³/mol. The highest BCUT2D eigenvalue weighted by Crippen LogP contribution is 2.38. The number of nitrogens with zero attached hydrogens (tertiary/aromatic N) is 2. The molecule has 1 unspecified atom stereocenters. The van der Waals surface area contributed by atoms with E-state index in [4.69, 9.17) is 13.9 Å². The van der Waals surface area contributed by atoms with Gasteiger partial charge in [-0.25, -0.2) is 4.98 Å². The van der Waals surface area contributed by atoms with E-state index in [2.05, 4.69) is 9.88 Å². The summed E-state index contributed by atoms with van der Waals surface area (Å²) in [6.45, 7) is 4.82. The molecule has 7 nitrogen and oxygen atoms in total. The first-order valence-corrected chi connectivity index (χ1v) is 10.5. The van der Waals surface area contributed by atoms with Crippen LogP contribution >= 0.6 is 0 Å². The fourth-order valence-electron chi connectivity index (χ4n) is 4.39. The lowest BCUT2D eigenvalue weighted by atomic mass is 9.82. The number of carbonyl (C=O) groups is 2. The Bertz CT molecular complexity index is 1100. The largest absolute Gasteiger partial charge is 0.476 e. The molecule has 0 radical (unpaired) electrons. The minimum atomic E-state index is -0.293. The number of morpholine rings is 1. The second-order valence-corrected chi connectivity index (χ2v) is 7.92. The molecule has 2 fully saturated rings. The van der Waals surface area contributed by atoms with Crippen LogP contribution in [0, 0.1) is 0 Å². The first kappa shape index (κ1) is 19.2. The van der Waals surface area contributed by atoms with E-state index in [1.54, 1.807) is 6.26 Å². The zero-order chi connectivity index (χ0) is 20.5. The number of hydrogen-bond acceptors (Lipinski definition) is 7. The number of carbonyl (C=O) groups excluding carboxylic acids is 2. The van der Waals surface area contributed by atoms with Crippen molar-refractivity contribution in [3.63, 3.8) is 0 Å². The number of Topliss-reactive ketones (excluding diaryl/α,β-unsaturated/α-hetero) is 2. The molecule has 1 saturated heterocycles. The number of furan rings is 1. The number of hydrogen-bond donors (Lipinski definition) is 0. The van der Waals surface area contributed by atoms with E-state index >= 15 is 0 Å². The fraction of sp³-hybridized carbons (Fsp3) is 0.435. The highest BCUT2D eigenvalue weighted by atomic mass is 16.5. The fourth-order valence-corrected chi connectivity index (χ4v) is 4.39. The van der Waals surface area contributed by atoms with E-state index in [1.165, 1.54) is 0 Å². The molecular weight excluding hydrogens is 384 g/mol. The van der Waals surface area contributed by atoms with Crippen LogP contribution in [0.3, 0.4) is 0 Å². The molecule has 0 N–H and O–H groups in total. The second-order valence-electron chi connectivity index (χ2n) is 7.92. The number of ketones is 2. The van der Waals surface area contributed by atoms with Crippen LogP contribution in [-0.4, -0.2) is 60.9 Å². The standard InChI is InChI=1S/C23H24N2O5/c26-15-1-2-16(20(27)13-15)18-14-30-21-5-4-19-17(23(18)21)3-6-22(24-19)29-12-9-25-7-10-28-11-8-25/h3-6,14,16H,1-2,7-13H2. The molecule has 0 bridgehead atoms. The van der Waals surface area contributed by atoms with Crippen LogP contribution in [0.15, 0.2) is 34.9 Å². The van der Waals surface area contributed by atoms with Crippen molar-refractivity contribution in [2.75, 3.05) is 39.5 Å². The average molecular weight is 408 g/mol. The van der Waals surface area contributed by atoms with Gasteiger partial charge >= 0.3 is 0 Å². The van der Waals surface area contributed by atoms with Gasteiger partial charge in [-0.2, -0.15) is 0 Å². The molecule has 2 aliphatic rings.